The van der Waals surface area contributed by atoms with Crippen LogP contribution in [0.3, 0.4) is 0 Å². The van der Waals surface area contributed by atoms with Crippen LogP contribution in [0.2, 0.25) is 109 Å². The first kappa shape index (κ1) is 46.5. The Morgan fingerprint density at radius 3 is 1.63 bits per heavy atom. The summed E-state index contributed by atoms with van der Waals surface area (Å²) in [5, 5.41) is 0. The Kier molecular flexibility index (Phi) is 19.2. The third kappa shape index (κ3) is 22.3. The molecule has 6 unspecified atom stereocenters. The Hall–Kier alpha value is 1.31. The van der Waals surface area contributed by atoms with Gasteiger partial charge >= 0.3 is 34.2 Å². The van der Waals surface area contributed by atoms with Gasteiger partial charge in [0.15, 0.2) is 16.6 Å². The van der Waals surface area contributed by atoms with E-state index in [0.717, 1.165) is 44.2 Å². The molecule has 0 N–H and O–H groups in total. The molecule has 2 heterocycles. The lowest BCUT2D eigenvalue weighted by Crippen LogP contribution is -2.58. The smallest absolute Gasteiger partial charge is 0.317 e. The monoisotopic (exact) mass is 850 g/mol. The van der Waals surface area contributed by atoms with Gasteiger partial charge in [0.2, 0.25) is 0 Å². The summed E-state index contributed by atoms with van der Waals surface area (Å²) in [5.41, 5.74) is 0.686. The molecule has 6 atom stereocenters. The summed E-state index contributed by atoms with van der Waals surface area (Å²) >= 11 is 0. The van der Waals surface area contributed by atoms with Crippen LogP contribution in [0, 0.1) is 0 Å². The summed E-state index contributed by atoms with van der Waals surface area (Å²) in [7, 11) is -20.4. The lowest BCUT2D eigenvalue weighted by molar-refractivity contribution is 0.114. The molecule has 0 bridgehead atoms. The molecule has 0 aromatic carbocycles. The van der Waals surface area contributed by atoms with Crippen molar-refractivity contribution < 1.29 is 52.2 Å². The highest BCUT2D eigenvalue weighted by Crippen LogP contribution is 2.30. The van der Waals surface area contributed by atoms with Crippen molar-refractivity contribution >= 4 is 78.1 Å². The van der Waals surface area contributed by atoms with Crippen molar-refractivity contribution in [2.24, 2.45) is 0 Å². The molecule has 2 rings (SSSR count). The van der Waals surface area contributed by atoms with Crippen molar-refractivity contribution in [2.45, 2.75) is 141 Å². The lowest BCUT2D eigenvalue weighted by atomic mass is 10.5. The SMILES string of the molecule is CC[Si](=O)C[Si](C)(C)O[Si](C)(C)O[Si](C)(C)O[SiH](C)O[SiH](C)O[Si](C)(CCCOCC1CO1)O[Si](C)(CCCOCC1CO1)O[Si](C)(C)C. The van der Waals surface area contributed by atoms with E-state index in [1.807, 2.05) is 6.92 Å². The first-order valence-corrected chi connectivity index (χ1v) is 41.4. The second kappa shape index (κ2) is 20.3. The molecular weight excluding hydrogens is 781 g/mol. The maximum absolute atomic E-state index is 12.3. The zero-order valence-corrected chi connectivity index (χ0v) is 42.5. The highest BCUT2D eigenvalue weighted by molar-refractivity contribution is 6.91. The number of epoxide rings is 2. The molecule has 290 valence electrons. The summed E-state index contributed by atoms with van der Waals surface area (Å²) in [5.74, 6) is 0. The molecule has 0 spiro atoms. The van der Waals surface area contributed by atoms with Crippen LogP contribution in [0.15, 0.2) is 0 Å². The van der Waals surface area contributed by atoms with Gasteiger partial charge in [-0.1, -0.05) is 6.92 Å². The maximum atomic E-state index is 12.3. The second-order valence-corrected chi connectivity index (χ2v) is 46.8. The Morgan fingerprint density at radius 2 is 1.16 bits per heavy atom. The Balaban J connectivity index is 2.05. The van der Waals surface area contributed by atoms with Gasteiger partial charge in [-0.05, 0) is 116 Å². The van der Waals surface area contributed by atoms with Crippen molar-refractivity contribution in [3.8, 4) is 0 Å². The van der Waals surface area contributed by atoms with Gasteiger partial charge in [-0.25, -0.2) is 0 Å². The number of ether oxygens (including phenoxy) is 4. The first-order chi connectivity index (χ1) is 22.4. The van der Waals surface area contributed by atoms with Crippen LogP contribution >= 0.6 is 0 Å². The molecule has 12 nitrogen and oxygen atoms in total. The van der Waals surface area contributed by atoms with Crippen LogP contribution in [-0.4, -0.2) is 130 Å². The van der Waals surface area contributed by atoms with Gasteiger partial charge < -0.3 is 52.2 Å². The van der Waals surface area contributed by atoms with Crippen molar-refractivity contribution in [2.75, 3.05) is 39.6 Å². The normalized spacial score (nSPS) is 22.3. The zero-order chi connectivity index (χ0) is 37.2. The van der Waals surface area contributed by atoms with Gasteiger partial charge in [0.05, 0.1) is 26.4 Å². The van der Waals surface area contributed by atoms with Crippen molar-refractivity contribution in [1.29, 1.82) is 0 Å². The molecular formula is C28H70O12Si9. The number of hydrogen-bond acceptors (Lipinski definition) is 12. The fraction of sp³-hybridized carbons (Fsp3) is 1.00. The van der Waals surface area contributed by atoms with E-state index in [9.17, 15) is 4.46 Å². The Bertz CT molecular complexity index is 1000. The molecule has 49 heavy (non-hydrogen) atoms. The van der Waals surface area contributed by atoms with Gasteiger partial charge in [0.25, 0.3) is 27.3 Å². The lowest BCUT2D eigenvalue weighted by Gasteiger charge is -2.42. The van der Waals surface area contributed by atoms with Gasteiger partial charge in [-0.2, -0.15) is 0 Å². The minimum absolute atomic E-state index is 0.246. The fourth-order valence-electron chi connectivity index (χ4n) is 6.12. The van der Waals surface area contributed by atoms with Crippen molar-refractivity contribution in [3.05, 3.63) is 0 Å². The van der Waals surface area contributed by atoms with E-state index in [1.165, 1.54) is 0 Å². The predicted octanol–water partition coefficient (Wildman–Crippen LogP) is 5.98. The van der Waals surface area contributed by atoms with Crippen LogP contribution in [-0.2, 0) is 52.2 Å². The predicted molar refractivity (Wildman–Crippen MR) is 214 cm³/mol. The minimum Gasteiger partial charge on any atom is -0.437 e. The average molecular weight is 852 g/mol. The van der Waals surface area contributed by atoms with E-state index in [2.05, 4.69) is 85.1 Å². The minimum atomic E-state index is -2.75. The van der Waals surface area contributed by atoms with Gasteiger partial charge in [-0.3, -0.25) is 0 Å². The van der Waals surface area contributed by atoms with Gasteiger partial charge in [0.1, 0.15) is 12.2 Å². The summed E-state index contributed by atoms with van der Waals surface area (Å²) in [4.78, 5) is 0. The van der Waals surface area contributed by atoms with Crippen molar-refractivity contribution in [1.82, 2.24) is 0 Å². The third-order valence-corrected chi connectivity index (χ3v) is 41.5. The molecule has 2 fully saturated rings. The quantitative estimate of drug-likeness (QED) is 0.0500. The van der Waals surface area contributed by atoms with Crippen molar-refractivity contribution in [3.63, 3.8) is 0 Å². The maximum Gasteiger partial charge on any atom is 0.317 e. The zero-order valence-electron chi connectivity index (χ0n) is 33.2. The van der Waals surface area contributed by atoms with E-state index < -0.39 is 78.1 Å². The van der Waals surface area contributed by atoms with E-state index in [4.69, 9.17) is 47.8 Å². The van der Waals surface area contributed by atoms with E-state index in [1.54, 1.807) is 0 Å². The summed E-state index contributed by atoms with van der Waals surface area (Å²) < 4.78 is 82.1. The molecule has 0 aromatic heterocycles. The Labute approximate surface area is 309 Å². The highest BCUT2D eigenvalue weighted by Gasteiger charge is 2.47. The molecule has 0 saturated carbocycles. The van der Waals surface area contributed by atoms with Gasteiger partial charge in [0, 0.05) is 18.9 Å². The van der Waals surface area contributed by atoms with Crippen LogP contribution in [0.4, 0.5) is 0 Å². The largest absolute Gasteiger partial charge is 0.437 e. The van der Waals surface area contributed by atoms with E-state index in [-0.39, 0.29) is 12.2 Å². The van der Waals surface area contributed by atoms with Crippen LogP contribution in [0.5, 0.6) is 0 Å². The van der Waals surface area contributed by atoms with Crippen LogP contribution in [0.25, 0.3) is 0 Å². The Morgan fingerprint density at radius 1 is 0.673 bits per heavy atom. The number of hydrogen-bond donors (Lipinski definition) is 0. The van der Waals surface area contributed by atoms with Gasteiger partial charge in [-0.15, -0.1) is 0 Å². The van der Waals surface area contributed by atoms with Crippen LogP contribution in [0.1, 0.15) is 19.8 Å². The van der Waals surface area contributed by atoms with Crippen LogP contribution < -0.4 is 0 Å². The molecule has 0 amide bonds. The first-order valence-electron chi connectivity index (χ1n) is 18.2. The van der Waals surface area contributed by atoms with E-state index in [0.29, 0.717) is 32.1 Å². The molecule has 2 aliphatic heterocycles. The molecule has 0 radical (unpaired) electrons. The summed E-state index contributed by atoms with van der Waals surface area (Å²) in [6.07, 6.45) is 2.21. The molecule has 0 aromatic rings. The molecule has 2 aliphatic rings. The topological polar surface area (TPSA) is 125 Å². The summed E-state index contributed by atoms with van der Waals surface area (Å²) in [6, 6.07) is 2.34. The average Bonchev–Trinajstić information content (AvgIpc) is 3.80. The number of rotatable bonds is 29. The van der Waals surface area contributed by atoms with E-state index >= 15 is 0 Å². The highest BCUT2D eigenvalue weighted by atomic mass is 28.5. The standard InChI is InChI=1S/C28H70O12Si9/c1-15-43(29)26-45(7,8)38-47(11,12)39-46(9,10)35-41(2)34-42(3)36-48(13,20-16-18-30-22-27-24-32-27)40-49(14,37-44(4,5)6)21-17-19-31-23-28-25-33-28/h27-28,41-42H,15-26H2,1-14H3. The molecule has 21 heteroatoms. The second-order valence-electron chi connectivity index (χ2n) is 16.2. The molecule has 2 saturated heterocycles. The fourth-order valence-corrected chi connectivity index (χ4v) is 46.0. The molecule has 0 aliphatic carbocycles. The third-order valence-electron chi connectivity index (χ3n) is 7.48. The summed E-state index contributed by atoms with van der Waals surface area (Å²) in [6.45, 7) is 33.9.